The van der Waals surface area contributed by atoms with E-state index in [1.54, 1.807) is 0 Å². The molecule has 0 aromatic heterocycles. The minimum Gasteiger partial charge on any atom is -0.396 e. The second kappa shape index (κ2) is 8.89. The van der Waals surface area contributed by atoms with Crippen molar-refractivity contribution < 1.29 is 5.11 Å². The van der Waals surface area contributed by atoms with Crippen LogP contribution < -0.4 is 5.32 Å². The summed E-state index contributed by atoms with van der Waals surface area (Å²) in [4.78, 5) is 2.55. The van der Waals surface area contributed by atoms with E-state index in [2.05, 4.69) is 31.0 Å². The third-order valence-corrected chi connectivity index (χ3v) is 3.99. The van der Waals surface area contributed by atoms with E-state index in [1.165, 1.54) is 32.4 Å². The zero-order valence-corrected chi connectivity index (χ0v) is 12.5. The second-order valence-electron chi connectivity index (χ2n) is 6.15. The Morgan fingerprint density at radius 1 is 1.33 bits per heavy atom. The zero-order chi connectivity index (χ0) is 13.4. The van der Waals surface area contributed by atoms with Crippen molar-refractivity contribution in [3.05, 3.63) is 0 Å². The van der Waals surface area contributed by atoms with Gasteiger partial charge in [-0.25, -0.2) is 0 Å². The first kappa shape index (κ1) is 15.9. The zero-order valence-electron chi connectivity index (χ0n) is 12.5. The van der Waals surface area contributed by atoms with Crippen molar-refractivity contribution in [2.24, 2.45) is 11.8 Å². The second-order valence-corrected chi connectivity index (χ2v) is 6.15. The quantitative estimate of drug-likeness (QED) is 0.698. The van der Waals surface area contributed by atoms with E-state index in [9.17, 15) is 0 Å². The molecule has 3 heteroatoms. The van der Waals surface area contributed by atoms with E-state index in [0.717, 1.165) is 31.3 Å². The normalized spacial score (nSPS) is 25.8. The fourth-order valence-corrected chi connectivity index (χ4v) is 2.87. The van der Waals surface area contributed by atoms with Crippen molar-refractivity contribution in [2.75, 3.05) is 32.8 Å². The lowest BCUT2D eigenvalue weighted by Gasteiger charge is -2.38. The topological polar surface area (TPSA) is 35.5 Å². The van der Waals surface area contributed by atoms with Crippen LogP contribution in [-0.2, 0) is 0 Å². The van der Waals surface area contributed by atoms with E-state index in [-0.39, 0.29) is 0 Å². The number of hydrogen-bond donors (Lipinski definition) is 2. The molecular weight excluding hydrogens is 224 g/mol. The highest BCUT2D eigenvalue weighted by atomic mass is 16.2. The van der Waals surface area contributed by atoms with Gasteiger partial charge in [0.1, 0.15) is 0 Å². The molecule has 0 aromatic rings. The van der Waals surface area contributed by atoms with Crippen molar-refractivity contribution >= 4 is 0 Å². The molecule has 0 amide bonds. The van der Waals surface area contributed by atoms with Crippen LogP contribution in [0.15, 0.2) is 0 Å². The Morgan fingerprint density at radius 2 is 2.11 bits per heavy atom. The third kappa shape index (κ3) is 6.17. The fourth-order valence-electron chi connectivity index (χ4n) is 2.87. The molecule has 0 saturated carbocycles. The standard InChI is InChI=1S/C15H32N2O/c1-4-17-11-14(6-5-9-18)10-15(12-17)16-8-7-13(2)3/h13-16,18H,4-12H2,1-3H3. The van der Waals surface area contributed by atoms with Gasteiger partial charge in [0.25, 0.3) is 0 Å². The molecular formula is C15H32N2O. The highest BCUT2D eigenvalue weighted by Gasteiger charge is 2.25. The lowest BCUT2D eigenvalue weighted by molar-refractivity contribution is 0.134. The van der Waals surface area contributed by atoms with Crippen molar-refractivity contribution in [1.29, 1.82) is 0 Å². The van der Waals surface area contributed by atoms with Crippen molar-refractivity contribution in [3.8, 4) is 0 Å². The summed E-state index contributed by atoms with van der Waals surface area (Å²) in [5, 5.41) is 12.7. The predicted molar refractivity (Wildman–Crippen MR) is 77.8 cm³/mol. The summed E-state index contributed by atoms with van der Waals surface area (Å²) in [5.41, 5.74) is 0. The van der Waals surface area contributed by atoms with Gasteiger partial charge in [-0.3, -0.25) is 0 Å². The molecule has 1 saturated heterocycles. The van der Waals surface area contributed by atoms with E-state index in [4.69, 9.17) is 5.11 Å². The number of likely N-dealkylation sites (tertiary alicyclic amines) is 1. The summed E-state index contributed by atoms with van der Waals surface area (Å²) < 4.78 is 0. The largest absolute Gasteiger partial charge is 0.396 e. The van der Waals surface area contributed by atoms with Crippen LogP contribution in [-0.4, -0.2) is 48.8 Å². The molecule has 1 aliphatic rings. The highest BCUT2D eigenvalue weighted by molar-refractivity contribution is 4.83. The van der Waals surface area contributed by atoms with E-state index >= 15 is 0 Å². The van der Waals surface area contributed by atoms with Gasteiger partial charge in [0, 0.05) is 25.7 Å². The van der Waals surface area contributed by atoms with Crippen LogP contribution in [0.1, 0.15) is 46.5 Å². The maximum atomic E-state index is 8.96. The fraction of sp³-hybridized carbons (Fsp3) is 1.00. The van der Waals surface area contributed by atoms with Crippen LogP contribution in [0.2, 0.25) is 0 Å². The van der Waals surface area contributed by atoms with Gasteiger partial charge in [0.2, 0.25) is 0 Å². The molecule has 2 atom stereocenters. The lowest BCUT2D eigenvalue weighted by atomic mass is 9.90. The molecule has 2 unspecified atom stereocenters. The molecule has 0 bridgehead atoms. The van der Waals surface area contributed by atoms with Gasteiger partial charge < -0.3 is 15.3 Å². The molecule has 0 aliphatic carbocycles. The Morgan fingerprint density at radius 3 is 2.72 bits per heavy atom. The van der Waals surface area contributed by atoms with Gasteiger partial charge in [-0.2, -0.15) is 0 Å². The Bertz CT molecular complexity index is 209. The SMILES string of the molecule is CCN1CC(CCCO)CC(NCCC(C)C)C1. The first-order chi connectivity index (χ1) is 8.65. The van der Waals surface area contributed by atoms with Gasteiger partial charge in [-0.1, -0.05) is 20.8 Å². The number of nitrogens with one attached hydrogen (secondary N) is 1. The molecule has 2 N–H and O–H groups in total. The average Bonchev–Trinajstić information content (AvgIpc) is 2.35. The summed E-state index contributed by atoms with van der Waals surface area (Å²) in [6.45, 7) is 11.9. The van der Waals surface area contributed by atoms with Crippen molar-refractivity contribution in [1.82, 2.24) is 10.2 Å². The summed E-state index contributed by atoms with van der Waals surface area (Å²) in [5.74, 6) is 1.55. The van der Waals surface area contributed by atoms with Crippen molar-refractivity contribution in [3.63, 3.8) is 0 Å². The molecule has 18 heavy (non-hydrogen) atoms. The predicted octanol–water partition coefficient (Wildman–Crippen LogP) is 2.10. The maximum Gasteiger partial charge on any atom is 0.0431 e. The lowest BCUT2D eigenvalue weighted by Crippen LogP contribution is -2.49. The molecule has 1 heterocycles. The highest BCUT2D eigenvalue weighted by Crippen LogP contribution is 2.21. The van der Waals surface area contributed by atoms with Gasteiger partial charge in [0.05, 0.1) is 0 Å². The van der Waals surface area contributed by atoms with Gasteiger partial charge in [-0.15, -0.1) is 0 Å². The maximum absolute atomic E-state index is 8.96. The first-order valence-electron chi connectivity index (χ1n) is 7.72. The summed E-state index contributed by atoms with van der Waals surface area (Å²) in [6.07, 6.45) is 4.69. The van der Waals surface area contributed by atoms with E-state index in [1.807, 2.05) is 0 Å². The Labute approximate surface area is 113 Å². The first-order valence-corrected chi connectivity index (χ1v) is 7.72. The number of piperidine rings is 1. The van der Waals surface area contributed by atoms with Gasteiger partial charge >= 0.3 is 0 Å². The molecule has 108 valence electrons. The van der Waals surface area contributed by atoms with Crippen LogP contribution in [0.4, 0.5) is 0 Å². The van der Waals surface area contributed by atoms with Crippen LogP contribution in [0, 0.1) is 11.8 Å². The van der Waals surface area contributed by atoms with Crippen LogP contribution in [0.5, 0.6) is 0 Å². The van der Waals surface area contributed by atoms with Crippen LogP contribution >= 0.6 is 0 Å². The summed E-state index contributed by atoms with van der Waals surface area (Å²) in [7, 11) is 0. The van der Waals surface area contributed by atoms with Gasteiger partial charge in [-0.05, 0) is 50.6 Å². The summed E-state index contributed by atoms with van der Waals surface area (Å²) in [6, 6.07) is 0.654. The van der Waals surface area contributed by atoms with Gasteiger partial charge in [0.15, 0.2) is 0 Å². The molecule has 1 rings (SSSR count). The van der Waals surface area contributed by atoms with Crippen LogP contribution in [0.3, 0.4) is 0 Å². The molecule has 0 radical (unpaired) electrons. The number of nitrogens with zero attached hydrogens (tertiary/aromatic N) is 1. The Balaban J connectivity index is 2.31. The number of aliphatic hydroxyl groups is 1. The van der Waals surface area contributed by atoms with Crippen LogP contribution in [0.25, 0.3) is 0 Å². The minimum atomic E-state index is 0.341. The monoisotopic (exact) mass is 256 g/mol. The number of hydrogen-bond acceptors (Lipinski definition) is 3. The molecule has 0 spiro atoms. The number of rotatable bonds is 8. The summed E-state index contributed by atoms with van der Waals surface area (Å²) >= 11 is 0. The molecule has 0 aromatic carbocycles. The third-order valence-electron chi connectivity index (χ3n) is 3.99. The molecule has 3 nitrogen and oxygen atoms in total. The average molecular weight is 256 g/mol. The molecule has 1 fully saturated rings. The number of likely N-dealkylation sites (N-methyl/N-ethyl adjacent to an activating group) is 1. The Kier molecular flexibility index (Phi) is 7.87. The number of aliphatic hydroxyl groups excluding tert-OH is 1. The molecule has 1 aliphatic heterocycles. The van der Waals surface area contributed by atoms with Crippen molar-refractivity contribution in [2.45, 2.75) is 52.5 Å². The van der Waals surface area contributed by atoms with E-state index in [0.29, 0.717) is 12.6 Å². The smallest absolute Gasteiger partial charge is 0.0431 e. The minimum absolute atomic E-state index is 0.341. The Hall–Kier alpha value is -0.120. The van der Waals surface area contributed by atoms with E-state index < -0.39 is 0 Å².